The lowest BCUT2D eigenvalue weighted by atomic mass is 9.95. The van der Waals surface area contributed by atoms with Crippen LogP contribution in [0, 0.1) is 5.92 Å². The number of amidine groups is 1. The summed E-state index contributed by atoms with van der Waals surface area (Å²) in [7, 11) is 0. The quantitative estimate of drug-likeness (QED) is 0.921. The highest BCUT2D eigenvalue weighted by molar-refractivity contribution is 5.89. The molecule has 1 aromatic heterocycles. The lowest BCUT2D eigenvalue weighted by molar-refractivity contribution is 0.257. The average Bonchev–Trinajstić information content (AvgIpc) is 3.11. The van der Waals surface area contributed by atoms with Crippen LogP contribution in [0.15, 0.2) is 72.0 Å². The number of aliphatic imine (C=N–C) groups is 1. The van der Waals surface area contributed by atoms with Crippen molar-refractivity contribution in [2.24, 2.45) is 10.9 Å². The minimum absolute atomic E-state index is 0.153. The van der Waals surface area contributed by atoms with Crippen molar-refractivity contribution in [3.8, 4) is 5.75 Å². The predicted molar refractivity (Wildman–Crippen MR) is 98.6 cm³/mol. The number of allylic oxidation sites excluding steroid dienone is 2. The molecule has 1 aromatic carbocycles. The van der Waals surface area contributed by atoms with Crippen LogP contribution in [0.4, 0.5) is 0 Å². The maximum Gasteiger partial charge on any atom is 0.122 e. The summed E-state index contributed by atoms with van der Waals surface area (Å²) in [6, 6.07) is 12.8. The van der Waals surface area contributed by atoms with Gasteiger partial charge in [0.15, 0.2) is 0 Å². The molecule has 0 saturated heterocycles. The molecule has 25 heavy (non-hydrogen) atoms. The van der Waals surface area contributed by atoms with Crippen LogP contribution in [0.1, 0.15) is 11.1 Å². The molecule has 2 aliphatic heterocycles. The highest BCUT2D eigenvalue weighted by Crippen LogP contribution is 2.30. The molecule has 0 spiro atoms. The third kappa shape index (κ3) is 2.64. The largest absolute Gasteiger partial charge is 0.493 e. The van der Waals surface area contributed by atoms with Crippen molar-refractivity contribution in [1.82, 2.24) is 10.3 Å². The molecule has 3 atom stereocenters. The lowest BCUT2D eigenvalue weighted by Gasteiger charge is -2.26. The van der Waals surface area contributed by atoms with Gasteiger partial charge in [-0.05, 0) is 47.4 Å². The molecule has 124 valence electrons. The monoisotopic (exact) mass is 329 g/mol. The number of aromatic nitrogens is 1. The van der Waals surface area contributed by atoms with E-state index in [1.807, 2.05) is 36.7 Å². The van der Waals surface area contributed by atoms with Gasteiger partial charge in [-0.1, -0.05) is 30.4 Å². The molecule has 5 rings (SSSR count). The Labute approximate surface area is 147 Å². The first-order chi connectivity index (χ1) is 12.4. The van der Waals surface area contributed by atoms with Gasteiger partial charge in [0, 0.05) is 12.4 Å². The summed E-state index contributed by atoms with van der Waals surface area (Å²) in [6.07, 6.45) is 11.3. The molecular weight excluding hydrogens is 310 g/mol. The van der Waals surface area contributed by atoms with E-state index in [2.05, 4.69) is 40.7 Å². The molecule has 0 saturated carbocycles. The summed E-state index contributed by atoms with van der Waals surface area (Å²) < 4.78 is 5.93. The Morgan fingerprint density at radius 3 is 2.88 bits per heavy atom. The topological polar surface area (TPSA) is 46.5 Å². The first-order valence-corrected chi connectivity index (χ1v) is 8.72. The first-order valence-electron chi connectivity index (χ1n) is 8.72. The molecule has 2 aromatic rings. The highest BCUT2D eigenvalue weighted by atomic mass is 16.5. The van der Waals surface area contributed by atoms with Crippen LogP contribution in [0.25, 0.3) is 5.57 Å². The molecule has 1 N–H and O–H groups in total. The van der Waals surface area contributed by atoms with Crippen LogP contribution in [0.3, 0.4) is 0 Å². The molecular formula is C21H19N3O. The van der Waals surface area contributed by atoms with Crippen LogP contribution in [0.2, 0.25) is 0 Å². The number of para-hydroxylation sites is 1. The maximum absolute atomic E-state index is 5.93. The Bertz CT molecular complexity index is 885. The second kappa shape index (κ2) is 5.88. The minimum Gasteiger partial charge on any atom is -0.493 e. The van der Waals surface area contributed by atoms with E-state index in [1.54, 1.807) is 0 Å². The van der Waals surface area contributed by atoms with Gasteiger partial charge in [-0.15, -0.1) is 0 Å². The Hall–Kier alpha value is -2.88. The zero-order valence-corrected chi connectivity index (χ0v) is 13.8. The summed E-state index contributed by atoms with van der Waals surface area (Å²) in [5, 5.41) is 3.59. The lowest BCUT2D eigenvalue weighted by Crippen LogP contribution is -2.39. The number of ether oxygens (including phenoxy) is 1. The zero-order valence-electron chi connectivity index (χ0n) is 13.8. The summed E-state index contributed by atoms with van der Waals surface area (Å²) in [6.45, 7) is 0.687. The van der Waals surface area contributed by atoms with Crippen molar-refractivity contribution in [2.45, 2.75) is 18.5 Å². The number of pyridine rings is 1. The Morgan fingerprint density at radius 2 is 1.96 bits per heavy atom. The Balaban J connectivity index is 1.38. The third-order valence-corrected chi connectivity index (χ3v) is 5.08. The summed E-state index contributed by atoms with van der Waals surface area (Å²) in [5.41, 5.74) is 3.66. The van der Waals surface area contributed by atoms with Gasteiger partial charge in [-0.2, -0.15) is 0 Å². The second-order valence-electron chi connectivity index (χ2n) is 6.71. The van der Waals surface area contributed by atoms with E-state index in [4.69, 9.17) is 9.73 Å². The van der Waals surface area contributed by atoms with Crippen molar-refractivity contribution in [3.05, 3.63) is 78.1 Å². The molecule has 3 aliphatic rings. The van der Waals surface area contributed by atoms with Crippen LogP contribution in [0.5, 0.6) is 5.75 Å². The van der Waals surface area contributed by atoms with Gasteiger partial charge in [0.05, 0.1) is 24.6 Å². The molecule has 0 radical (unpaired) electrons. The molecule has 1 aliphatic carbocycles. The van der Waals surface area contributed by atoms with Gasteiger partial charge in [0.1, 0.15) is 11.6 Å². The fraction of sp³-hybridized carbons (Fsp3) is 0.238. The summed E-state index contributed by atoms with van der Waals surface area (Å²) in [5.74, 6) is 2.38. The number of benzene rings is 1. The number of nitrogens with zero attached hydrogens (tertiary/aromatic N) is 2. The van der Waals surface area contributed by atoms with E-state index >= 15 is 0 Å². The van der Waals surface area contributed by atoms with Crippen LogP contribution < -0.4 is 10.1 Å². The number of hydrogen-bond donors (Lipinski definition) is 1. The van der Waals surface area contributed by atoms with Gasteiger partial charge in [-0.25, -0.2) is 0 Å². The number of rotatable bonds is 2. The van der Waals surface area contributed by atoms with Crippen molar-refractivity contribution in [1.29, 1.82) is 0 Å². The Kier molecular flexibility index (Phi) is 3.40. The molecule has 0 bridgehead atoms. The summed E-state index contributed by atoms with van der Waals surface area (Å²) >= 11 is 0. The number of nitrogens with one attached hydrogen (secondary N) is 1. The highest BCUT2D eigenvalue weighted by Gasteiger charge is 2.33. The van der Waals surface area contributed by atoms with Gasteiger partial charge >= 0.3 is 0 Å². The van der Waals surface area contributed by atoms with E-state index < -0.39 is 0 Å². The Morgan fingerprint density at radius 1 is 1.08 bits per heavy atom. The standard InChI is InChI=1S/C21H19N3O/c1-2-4-20-16(3-1)11-17(13-25-20)21-23-18-6-5-15(12-19(18)24-21)14-7-9-22-10-8-14/h1-10,12,17-19H,11,13H2,(H,23,24). The van der Waals surface area contributed by atoms with Crippen LogP contribution in [-0.2, 0) is 6.42 Å². The smallest absolute Gasteiger partial charge is 0.122 e. The molecule has 0 amide bonds. The second-order valence-corrected chi connectivity index (χ2v) is 6.71. The minimum atomic E-state index is 0.153. The van der Waals surface area contributed by atoms with Crippen molar-refractivity contribution in [2.75, 3.05) is 6.61 Å². The molecule has 4 nitrogen and oxygen atoms in total. The normalized spacial score (nSPS) is 26.6. The van der Waals surface area contributed by atoms with Gasteiger partial charge < -0.3 is 10.1 Å². The van der Waals surface area contributed by atoms with Crippen molar-refractivity contribution >= 4 is 11.4 Å². The third-order valence-electron chi connectivity index (χ3n) is 5.08. The molecule has 3 heterocycles. The fourth-order valence-corrected chi connectivity index (χ4v) is 3.75. The van der Waals surface area contributed by atoms with Gasteiger partial charge in [0.2, 0.25) is 0 Å². The number of hydrogen-bond acceptors (Lipinski definition) is 4. The predicted octanol–water partition coefficient (Wildman–Crippen LogP) is 3.03. The maximum atomic E-state index is 5.93. The van der Waals surface area contributed by atoms with Crippen molar-refractivity contribution in [3.63, 3.8) is 0 Å². The number of fused-ring (bicyclic) bond motifs is 2. The fourth-order valence-electron chi connectivity index (χ4n) is 3.75. The van der Waals surface area contributed by atoms with Gasteiger partial charge in [0.25, 0.3) is 0 Å². The van der Waals surface area contributed by atoms with Gasteiger partial charge in [-0.3, -0.25) is 9.98 Å². The molecule has 4 heteroatoms. The molecule has 3 unspecified atom stereocenters. The van der Waals surface area contributed by atoms with E-state index in [1.165, 1.54) is 16.7 Å². The molecule has 0 fully saturated rings. The van der Waals surface area contributed by atoms with Crippen LogP contribution in [-0.4, -0.2) is 29.5 Å². The van der Waals surface area contributed by atoms with E-state index in [9.17, 15) is 0 Å². The average molecular weight is 329 g/mol. The SMILES string of the molecule is C1=CC2NC(C3COc4ccccc4C3)=NC2C=C1c1ccncc1. The van der Waals surface area contributed by atoms with E-state index in [0.717, 1.165) is 18.0 Å². The van der Waals surface area contributed by atoms with Crippen molar-refractivity contribution < 1.29 is 4.74 Å². The van der Waals surface area contributed by atoms with E-state index in [0.29, 0.717) is 12.5 Å². The zero-order chi connectivity index (χ0) is 16.6. The first kappa shape index (κ1) is 14.5. The summed E-state index contributed by atoms with van der Waals surface area (Å²) in [4.78, 5) is 9.06. The van der Waals surface area contributed by atoms with E-state index in [-0.39, 0.29) is 12.1 Å². The van der Waals surface area contributed by atoms with Crippen LogP contribution >= 0.6 is 0 Å².